The molecule has 1 N–H and O–H groups in total. The fraction of sp³-hybridized carbons (Fsp3) is 0.542. The van der Waals surface area contributed by atoms with Crippen LogP contribution in [-0.4, -0.2) is 68.6 Å². The van der Waals surface area contributed by atoms with Gasteiger partial charge in [0.15, 0.2) is 0 Å². The molecule has 34 heavy (non-hydrogen) atoms. The first-order chi connectivity index (χ1) is 16.1. The largest absolute Gasteiger partial charge is 0.378 e. The maximum absolute atomic E-state index is 12.8. The predicted octanol–water partition coefficient (Wildman–Crippen LogP) is 1.86. The molecule has 0 aliphatic carbocycles. The fourth-order valence-corrected chi connectivity index (χ4v) is 5.12. The van der Waals surface area contributed by atoms with Crippen LogP contribution in [0.1, 0.15) is 44.0 Å². The van der Waals surface area contributed by atoms with Gasteiger partial charge in [-0.3, -0.25) is 4.79 Å². The zero-order chi connectivity index (χ0) is 24.3. The third kappa shape index (κ3) is 5.73. The first-order valence-electron chi connectivity index (χ1n) is 11.7. The molecule has 1 saturated heterocycles. The number of hydrogen-bond acceptors (Lipinski definition) is 7. The van der Waals surface area contributed by atoms with Crippen LogP contribution in [0.25, 0.3) is 0 Å². The van der Waals surface area contributed by atoms with Crippen LogP contribution >= 0.6 is 0 Å². The Hall–Kier alpha value is -2.56. The fourth-order valence-electron chi connectivity index (χ4n) is 4.09. The SMILES string of the molecule is CC(C)(C)c1ccc(S(=O)(=O)NCCC(=O)N2CCc3cnc(N4CCOCC4)nc3C2)cc1. The number of ether oxygens (including phenoxy) is 1. The summed E-state index contributed by atoms with van der Waals surface area (Å²) in [6.07, 6.45) is 2.64. The summed E-state index contributed by atoms with van der Waals surface area (Å²) in [6, 6.07) is 6.88. The molecule has 184 valence electrons. The van der Waals surface area contributed by atoms with Crippen LogP contribution in [0.2, 0.25) is 0 Å². The van der Waals surface area contributed by atoms with Gasteiger partial charge in [-0.15, -0.1) is 0 Å². The van der Waals surface area contributed by atoms with E-state index in [0.29, 0.717) is 38.7 Å². The average Bonchev–Trinajstić information content (AvgIpc) is 2.83. The molecule has 1 aromatic heterocycles. The van der Waals surface area contributed by atoms with Gasteiger partial charge in [-0.25, -0.2) is 23.1 Å². The van der Waals surface area contributed by atoms with Crippen molar-refractivity contribution >= 4 is 21.9 Å². The van der Waals surface area contributed by atoms with Crippen LogP contribution < -0.4 is 9.62 Å². The highest BCUT2D eigenvalue weighted by molar-refractivity contribution is 7.89. The number of sulfonamides is 1. The topological polar surface area (TPSA) is 105 Å². The van der Waals surface area contributed by atoms with E-state index in [1.165, 1.54) is 0 Å². The summed E-state index contributed by atoms with van der Waals surface area (Å²) >= 11 is 0. The van der Waals surface area contributed by atoms with E-state index in [4.69, 9.17) is 9.72 Å². The zero-order valence-corrected chi connectivity index (χ0v) is 20.9. The maximum Gasteiger partial charge on any atom is 0.240 e. The Labute approximate surface area is 201 Å². The van der Waals surface area contributed by atoms with E-state index in [9.17, 15) is 13.2 Å². The van der Waals surface area contributed by atoms with Crippen LogP contribution in [0.5, 0.6) is 0 Å². The molecule has 10 heteroatoms. The lowest BCUT2D eigenvalue weighted by Gasteiger charge is -2.30. The van der Waals surface area contributed by atoms with Crippen molar-refractivity contribution in [3.8, 4) is 0 Å². The summed E-state index contributed by atoms with van der Waals surface area (Å²) in [5, 5.41) is 0. The first-order valence-corrected chi connectivity index (χ1v) is 13.2. The van der Waals surface area contributed by atoms with Gasteiger partial charge in [0.05, 0.1) is 30.3 Å². The first kappa shape index (κ1) is 24.6. The molecule has 2 aromatic rings. The Balaban J connectivity index is 1.32. The smallest absolute Gasteiger partial charge is 0.240 e. The quantitative estimate of drug-likeness (QED) is 0.663. The molecule has 2 aliphatic rings. The van der Waals surface area contributed by atoms with Gasteiger partial charge in [0, 0.05) is 38.8 Å². The van der Waals surface area contributed by atoms with Crippen molar-refractivity contribution in [2.24, 2.45) is 0 Å². The minimum absolute atomic E-state index is 0.0499. The van der Waals surface area contributed by atoms with Gasteiger partial charge in [0.1, 0.15) is 0 Å². The van der Waals surface area contributed by atoms with Crippen molar-refractivity contribution in [1.29, 1.82) is 0 Å². The second-order valence-electron chi connectivity index (χ2n) is 9.73. The number of aromatic nitrogens is 2. The van der Waals surface area contributed by atoms with Crippen LogP contribution in [-0.2, 0) is 37.9 Å². The molecule has 4 rings (SSSR count). The van der Waals surface area contributed by atoms with Gasteiger partial charge < -0.3 is 14.5 Å². The van der Waals surface area contributed by atoms with Crippen LogP contribution in [0.4, 0.5) is 5.95 Å². The minimum Gasteiger partial charge on any atom is -0.378 e. The number of nitrogens with zero attached hydrogens (tertiary/aromatic N) is 4. The predicted molar refractivity (Wildman–Crippen MR) is 129 cm³/mol. The molecule has 1 aromatic carbocycles. The van der Waals surface area contributed by atoms with E-state index >= 15 is 0 Å². The molecule has 3 heterocycles. The number of amides is 1. The summed E-state index contributed by atoms with van der Waals surface area (Å²) < 4.78 is 33.2. The monoisotopic (exact) mass is 487 g/mol. The molecule has 2 aliphatic heterocycles. The lowest BCUT2D eigenvalue weighted by Crippen LogP contribution is -2.40. The standard InChI is InChI=1S/C24H33N5O4S/c1-24(2,3)19-4-6-20(7-5-19)34(31,32)26-10-8-22(30)29-11-9-18-16-25-23(27-21(18)17-29)28-12-14-33-15-13-28/h4-7,16,26H,8-15,17H2,1-3H3. The molecule has 1 amide bonds. The third-order valence-electron chi connectivity index (χ3n) is 6.24. The number of morpholine rings is 1. The molecule has 1 fully saturated rings. The molecule has 9 nitrogen and oxygen atoms in total. The molecule has 0 spiro atoms. The van der Waals surface area contributed by atoms with Gasteiger partial charge in [-0.05, 0) is 35.1 Å². The lowest BCUT2D eigenvalue weighted by atomic mass is 9.87. The number of benzene rings is 1. The van der Waals surface area contributed by atoms with Crippen LogP contribution in [0.15, 0.2) is 35.4 Å². The molecule has 0 unspecified atom stereocenters. The third-order valence-corrected chi connectivity index (χ3v) is 7.72. The van der Waals surface area contributed by atoms with Crippen LogP contribution in [0.3, 0.4) is 0 Å². The van der Waals surface area contributed by atoms with E-state index < -0.39 is 10.0 Å². The molecule has 0 saturated carbocycles. The summed E-state index contributed by atoms with van der Waals surface area (Å²) in [7, 11) is -3.67. The number of nitrogens with one attached hydrogen (secondary N) is 1. The Morgan fingerprint density at radius 1 is 1.12 bits per heavy atom. The Morgan fingerprint density at radius 2 is 1.82 bits per heavy atom. The second kappa shape index (κ2) is 9.97. The van der Waals surface area contributed by atoms with Crippen molar-refractivity contribution < 1.29 is 17.9 Å². The number of carbonyl (C=O) groups is 1. The highest BCUT2D eigenvalue weighted by Crippen LogP contribution is 2.23. The molecular weight excluding hydrogens is 454 g/mol. The van der Waals surface area contributed by atoms with Gasteiger partial charge in [0.2, 0.25) is 21.9 Å². The summed E-state index contributed by atoms with van der Waals surface area (Å²) in [5.41, 5.74) is 2.92. The molecule has 0 atom stereocenters. The number of hydrogen-bond donors (Lipinski definition) is 1. The highest BCUT2D eigenvalue weighted by Gasteiger charge is 2.24. The van der Waals surface area contributed by atoms with E-state index in [1.807, 2.05) is 18.3 Å². The number of carbonyl (C=O) groups excluding carboxylic acids is 1. The van der Waals surface area contributed by atoms with Gasteiger partial charge in [0.25, 0.3) is 0 Å². The number of rotatable bonds is 6. The van der Waals surface area contributed by atoms with Gasteiger partial charge in [-0.1, -0.05) is 32.9 Å². The normalized spacial score (nSPS) is 16.9. The van der Waals surface area contributed by atoms with Crippen molar-refractivity contribution in [3.63, 3.8) is 0 Å². The maximum atomic E-state index is 12.8. The average molecular weight is 488 g/mol. The van der Waals surface area contributed by atoms with Crippen molar-refractivity contribution in [3.05, 3.63) is 47.3 Å². The Bertz CT molecular complexity index is 1120. The highest BCUT2D eigenvalue weighted by atomic mass is 32.2. The molecular formula is C24H33N5O4S. The second-order valence-corrected chi connectivity index (χ2v) is 11.5. The summed E-state index contributed by atoms with van der Waals surface area (Å²) in [5.74, 6) is 0.574. The Kier molecular flexibility index (Phi) is 7.20. The van der Waals surface area contributed by atoms with E-state index in [-0.39, 0.29) is 29.2 Å². The van der Waals surface area contributed by atoms with Crippen molar-refractivity contribution in [2.45, 2.75) is 50.5 Å². The lowest BCUT2D eigenvalue weighted by molar-refractivity contribution is -0.132. The Morgan fingerprint density at radius 3 is 2.50 bits per heavy atom. The van der Waals surface area contributed by atoms with Crippen molar-refractivity contribution in [2.75, 3.05) is 44.3 Å². The summed E-state index contributed by atoms with van der Waals surface area (Å²) in [6.45, 7) is 10.1. The van der Waals surface area contributed by atoms with E-state index in [0.717, 1.165) is 29.9 Å². The number of anilines is 1. The minimum atomic E-state index is -3.67. The number of fused-ring (bicyclic) bond motifs is 1. The van der Waals surface area contributed by atoms with Crippen LogP contribution in [0, 0.1) is 0 Å². The molecule has 0 radical (unpaired) electrons. The van der Waals surface area contributed by atoms with Gasteiger partial charge >= 0.3 is 0 Å². The summed E-state index contributed by atoms with van der Waals surface area (Å²) in [4.78, 5) is 26.0. The zero-order valence-electron chi connectivity index (χ0n) is 20.1. The van der Waals surface area contributed by atoms with E-state index in [2.05, 4.69) is 35.4 Å². The van der Waals surface area contributed by atoms with Crippen molar-refractivity contribution in [1.82, 2.24) is 19.6 Å². The molecule has 0 bridgehead atoms. The van der Waals surface area contributed by atoms with E-state index in [1.54, 1.807) is 17.0 Å². The van der Waals surface area contributed by atoms with Gasteiger partial charge in [-0.2, -0.15) is 0 Å².